The van der Waals surface area contributed by atoms with Gasteiger partial charge in [0.25, 0.3) is 0 Å². The third-order valence-corrected chi connectivity index (χ3v) is 7.46. The van der Waals surface area contributed by atoms with E-state index in [9.17, 15) is 9.59 Å². The number of carbonyl (C=O) groups excluding carboxylic acids is 2. The Kier molecular flexibility index (Phi) is 21.5. The van der Waals surface area contributed by atoms with Gasteiger partial charge in [0.05, 0.1) is 19.8 Å². The van der Waals surface area contributed by atoms with Gasteiger partial charge in [-0.05, 0) is 12.8 Å². The van der Waals surface area contributed by atoms with E-state index < -0.39 is 16.7 Å². The van der Waals surface area contributed by atoms with E-state index >= 15 is 0 Å². The van der Waals surface area contributed by atoms with E-state index in [1.165, 1.54) is 122 Å². The summed E-state index contributed by atoms with van der Waals surface area (Å²) in [5.41, 5.74) is 0. The molecule has 0 spiro atoms. The molecule has 216 valence electrons. The number of amides is 2. The zero-order valence-electron chi connectivity index (χ0n) is 24.5. The van der Waals surface area contributed by atoms with Crippen molar-refractivity contribution in [2.24, 2.45) is 4.99 Å². The number of hydrogen-bond acceptors (Lipinski definition) is 5. The van der Waals surface area contributed by atoms with Gasteiger partial charge >= 0.3 is 12.2 Å². The van der Waals surface area contributed by atoms with E-state index in [4.69, 9.17) is 9.47 Å². The van der Waals surface area contributed by atoms with Gasteiger partial charge in [0, 0.05) is 0 Å². The average molecular weight is 524 g/mol. The maximum absolute atomic E-state index is 12.8. The highest BCUT2D eigenvalue weighted by molar-refractivity contribution is 5.87. The van der Waals surface area contributed by atoms with Crippen molar-refractivity contribution in [1.82, 2.24) is 0 Å². The molecule has 2 amide bonds. The lowest BCUT2D eigenvalue weighted by Crippen LogP contribution is -2.55. The SMILES string of the molecule is CCCCCCCCCCCCCOC(=O)[N+]1(C(=O)OCCCCCCCCCCCCC)C=NCC1. The van der Waals surface area contributed by atoms with Gasteiger partial charge in [-0.1, -0.05) is 147 Å². The molecule has 0 unspecified atom stereocenters. The lowest BCUT2D eigenvalue weighted by Gasteiger charge is -2.22. The van der Waals surface area contributed by atoms with Crippen molar-refractivity contribution in [3.05, 3.63) is 0 Å². The quantitative estimate of drug-likeness (QED) is 0.0932. The number of rotatable bonds is 24. The van der Waals surface area contributed by atoms with Crippen molar-refractivity contribution in [3.63, 3.8) is 0 Å². The van der Waals surface area contributed by atoms with E-state index in [0.717, 1.165) is 25.7 Å². The number of unbranched alkanes of at least 4 members (excludes halogenated alkanes) is 20. The summed E-state index contributed by atoms with van der Waals surface area (Å²) >= 11 is 0. The van der Waals surface area contributed by atoms with Crippen LogP contribution in [-0.2, 0) is 9.47 Å². The molecule has 0 bridgehead atoms. The second kappa shape index (κ2) is 23.7. The molecule has 1 rings (SSSR count). The summed E-state index contributed by atoms with van der Waals surface area (Å²) in [7, 11) is 0. The molecule has 37 heavy (non-hydrogen) atoms. The Bertz CT molecular complexity index is 554. The summed E-state index contributed by atoms with van der Waals surface area (Å²) in [4.78, 5) is 29.7. The molecular weight excluding hydrogens is 464 g/mol. The number of ether oxygens (including phenoxy) is 2. The highest BCUT2D eigenvalue weighted by Crippen LogP contribution is 2.17. The Labute approximate surface area is 228 Å². The first-order valence-electron chi connectivity index (χ1n) is 15.9. The Morgan fingerprint density at radius 2 is 0.892 bits per heavy atom. The number of nitrogens with zero attached hydrogens (tertiary/aromatic N) is 2. The molecule has 0 aliphatic carbocycles. The second-order valence-electron chi connectivity index (χ2n) is 10.9. The van der Waals surface area contributed by atoms with Crippen LogP contribution in [0.3, 0.4) is 0 Å². The van der Waals surface area contributed by atoms with Crippen molar-refractivity contribution in [1.29, 1.82) is 0 Å². The largest absolute Gasteiger partial charge is 0.532 e. The first-order valence-corrected chi connectivity index (χ1v) is 15.9. The predicted octanol–water partition coefficient (Wildman–Crippen LogP) is 9.74. The minimum Gasteiger partial charge on any atom is -0.419 e. The summed E-state index contributed by atoms with van der Waals surface area (Å²) in [6.45, 7) is 5.97. The molecular formula is C31H59N2O4+. The Morgan fingerprint density at radius 3 is 1.19 bits per heavy atom. The molecule has 6 nitrogen and oxygen atoms in total. The van der Waals surface area contributed by atoms with Crippen LogP contribution in [0, 0.1) is 0 Å². The minimum absolute atomic E-state index is 0.300. The molecule has 0 fully saturated rings. The predicted molar refractivity (Wildman–Crippen MR) is 154 cm³/mol. The van der Waals surface area contributed by atoms with Crippen molar-refractivity contribution in [2.45, 2.75) is 155 Å². The van der Waals surface area contributed by atoms with Gasteiger partial charge in [-0.15, -0.1) is 0 Å². The van der Waals surface area contributed by atoms with Crippen LogP contribution >= 0.6 is 0 Å². The van der Waals surface area contributed by atoms with E-state index in [0.29, 0.717) is 26.3 Å². The second-order valence-corrected chi connectivity index (χ2v) is 10.9. The summed E-state index contributed by atoms with van der Waals surface area (Å²) in [5, 5.41) is 0. The van der Waals surface area contributed by atoms with E-state index in [1.54, 1.807) is 0 Å². The number of aliphatic imine (C=N–C) groups is 1. The molecule has 6 heteroatoms. The molecule has 0 aromatic heterocycles. The smallest absolute Gasteiger partial charge is 0.419 e. The molecule has 0 saturated carbocycles. The van der Waals surface area contributed by atoms with Crippen LogP contribution < -0.4 is 0 Å². The lowest BCUT2D eigenvalue weighted by atomic mass is 10.1. The molecule has 0 saturated heterocycles. The highest BCUT2D eigenvalue weighted by atomic mass is 16.6. The normalized spacial score (nSPS) is 14.2. The van der Waals surface area contributed by atoms with Gasteiger partial charge in [-0.25, -0.2) is 4.99 Å². The lowest BCUT2D eigenvalue weighted by molar-refractivity contribution is -0.676. The summed E-state index contributed by atoms with van der Waals surface area (Å²) < 4.78 is 10.4. The first kappa shape index (κ1) is 33.6. The van der Waals surface area contributed by atoms with Gasteiger partial charge in [-0.3, -0.25) is 0 Å². The number of imide groups is 1. The molecule has 0 aromatic rings. The maximum atomic E-state index is 12.8. The number of quaternary nitrogens is 1. The summed E-state index contributed by atoms with van der Waals surface area (Å²) in [5.74, 6) is 0. The van der Waals surface area contributed by atoms with Gasteiger partial charge in [0.15, 0.2) is 0 Å². The van der Waals surface area contributed by atoms with E-state index in [2.05, 4.69) is 18.8 Å². The highest BCUT2D eigenvalue weighted by Gasteiger charge is 2.50. The minimum atomic E-state index is -0.546. The summed E-state index contributed by atoms with van der Waals surface area (Å²) in [6, 6.07) is 0. The zero-order chi connectivity index (χ0) is 26.9. The van der Waals surface area contributed by atoms with Crippen molar-refractivity contribution >= 4 is 18.5 Å². The third kappa shape index (κ3) is 16.2. The van der Waals surface area contributed by atoms with Gasteiger partial charge in [0.2, 0.25) is 6.34 Å². The molecule has 1 aliphatic rings. The molecule has 1 heterocycles. The van der Waals surface area contributed by atoms with E-state index in [-0.39, 0.29) is 0 Å². The Hall–Kier alpha value is -1.43. The van der Waals surface area contributed by atoms with Crippen molar-refractivity contribution in [3.8, 4) is 0 Å². The standard InChI is InChI=1S/C31H59N2O4/c1-3-5-7-9-11-13-15-17-19-21-23-27-36-30(34)33(26-25-32-29-33)31(35)37-28-24-22-20-18-16-14-12-10-8-6-4-2/h29H,3-28H2,1-2H3/q+1. The fourth-order valence-corrected chi connectivity index (χ4v) is 4.90. The van der Waals surface area contributed by atoms with Crippen LogP contribution in [0.15, 0.2) is 4.99 Å². The fraction of sp³-hybridized carbons (Fsp3) is 0.903. The summed E-state index contributed by atoms with van der Waals surface area (Å²) in [6.07, 6.45) is 27.8. The monoisotopic (exact) mass is 523 g/mol. The number of carbonyl (C=O) groups is 2. The maximum Gasteiger partial charge on any atom is 0.532 e. The van der Waals surface area contributed by atoms with Crippen LogP contribution in [0.2, 0.25) is 0 Å². The molecule has 1 aliphatic heterocycles. The van der Waals surface area contributed by atoms with E-state index in [1.807, 2.05) is 0 Å². The van der Waals surface area contributed by atoms with Gasteiger partial charge in [0.1, 0.15) is 6.54 Å². The van der Waals surface area contributed by atoms with Gasteiger partial charge in [-0.2, -0.15) is 9.59 Å². The van der Waals surface area contributed by atoms with Crippen LogP contribution in [-0.4, -0.2) is 49.3 Å². The molecule has 0 N–H and O–H groups in total. The molecule has 0 atom stereocenters. The van der Waals surface area contributed by atoms with Crippen LogP contribution in [0.5, 0.6) is 0 Å². The zero-order valence-corrected chi connectivity index (χ0v) is 24.5. The van der Waals surface area contributed by atoms with Crippen LogP contribution in [0.4, 0.5) is 9.59 Å². The fourth-order valence-electron chi connectivity index (χ4n) is 4.90. The van der Waals surface area contributed by atoms with Crippen LogP contribution in [0.1, 0.15) is 155 Å². The van der Waals surface area contributed by atoms with Gasteiger partial charge < -0.3 is 9.47 Å². The molecule has 0 radical (unpaired) electrons. The van der Waals surface area contributed by atoms with Crippen molar-refractivity contribution in [2.75, 3.05) is 26.3 Å². The average Bonchev–Trinajstić information content (AvgIpc) is 3.41. The Balaban J connectivity index is 2.08. The first-order chi connectivity index (χ1) is 18.2. The number of hydrogen-bond donors (Lipinski definition) is 0. The third-order valence-electron chi connectivity index (χ3n) is 7.46. The molecule has 0 aromatic carbocycles. The topological polar surface area (TPSA) is 65.0 Å². The van der Waals surface area contributed by atoms with Crippen LogP contribution in [0.25, 0.3) is 0 Å². The van der Waals surface area contributed by atoms with Crippen molar-refractivity contribution < 1.29 is 23.5 Å². The Morgan fingerprint density at radius 1 is 0.568 bits per heavy atom.